The SMILES string of the molecule is CC.CCCCCN(I)CCCCN. The second-order valence-corrected chi connectivity index (χ2v) is 4.48. The molecule has 0 saturated heterocycles. The third-order valence-electron chi connectivity index (χ3n) is 1.86. The highest BCUT2D eigenvalue weighted by Gasteiger charge is 1.97. The lowest BCUT2D eigenvalue weighted by Gasteiger charge is -2.12. The van der Waals surface area contributed by atoms with Crippen LogP contribution in [0.2, 0.25) is 0 Å². The first-order valence-corrected chi connectivity index (χ1v) is 6.88. The quantitative estimate of drug-likeness (QED) is 0.421. The molecule has 0 aliphatic rings. The van der Waals surface area contributed by atoms with E-state index in [0.717, 1.165) is 13.0 Å². The third-order valence-corrected chi connectivity index (χ3v) is 2.82. The predicted molar refractivity (Wildman–Crippen MR) is 74.8 cm³/mol. The summed E-state index contributed by atoms with van der Waals surface area (Å²) in [5, 5.41) is 0. The molecule has 88 valence electrons. The van der Waals surface area contributed by atoms with Crippen LogP contribution in [0, 0.1) is 0 Å². The molecule has 0 aliphatic heterocycles. The van der Waals surface area contributed by atoms with Crippen molar-refractivity contribution in [1.82, 2.24) is 3.11 Å². The average Bonchev–Trinajstić information content (AvgIpc) is 2.22. The van der Waals surface area contributed by atoms with Crippen LogP contribution in [-0.4, -0.2) is 22.7 Å². The van der Waals surface area contributed by atoms with Gasteiger partial charge in [0.15, 0.2) is 0 Å². The molecule has 0 aliphatic carbocycles. The van der Waals surface area contributed by atoms with E-state index >= 15 is 0 Å². The molecule has 2 N–H and O–H groups in total. The number of nitrogens with zero attached hydrogens (tertiary/aromatic N) is 1. The van der Waals surface area contributed by atoms with Gasteiger partial charge in [0.2, 0.25) is 0 Å². The van der Waals surface area contributed by atoms with Crippen LogP contribution in [0.3, 0.4) is 0 Å². The van der Waals surface area contributed by atoms with E-state index in [1.165, 1.54) is 38.8 Å². The van der Waals surface area contributed by atoms with Crippen LogP contribution in [0.5, 0.6) is 0 Å². The maximum Gasteiger partial charge on any atom is 0.0201 e. The predicted octanol–water partition coefficient (Wildman–Crippen LogP) is 3.59. The number of nitrogens with two attached hydrogens (primary N) is 1. The van der Waals surface area contributed by atoms with E-state index in [9.17, 15) is 0 Å². The van der Waals surface area contributed by atoms with Crippen molar-refractivity contribution in [3.63, 3.8) is 0 Å². The first-order chi connectivity index (χ1) is 6.81. The van der Waals surface area contributed by atoms with E-state index in [4.69, 9.17) is 5.73 Å². The van der Waals surface area contributed by atoms with Crippen molar-refractivity contribution >= 4 is 22.9 Å². The molecule has 3 heteroatoms. The minimum atomic E-state index is 0.833. The fourth-order valence-electron chi connectivity index (χ4n) is 1.07. The van der Waals surface area contributed by atoms with Crippen LogP contribution in [0.1, 0.15) is 52.9 Å². The lowest BCUT2D eigenvalue weighted by Crippen LogP contribution is -2.15. The van der Waals surface area contributed by atoms with E-state index in [1.54, 1.807) is 0 Å². The lowest BCUT2D eigenvalue weighted by molar-refractivity contribution is 0.466. The Morgan fingerprint density at radius 1 is 1.00 bits per heavy atom. The zero-order valence-electron chi connectivity index (χ0n) is 10.1. The van der Waals surface area contributed by atoms with Crippen molar-refractivity contribution in [1.29, 1.82) is 0 Å². The zero-order valence-corrected chi connectivity index (χ0v) is 12.2. The molecule has 0 aromatic carbocycles. The van der Waals surface area contributed by atoms with Gasteiger partial charge in [0.1, 0.15) is 0 Å². The summed E-state index contributed by atoms with van der Waals surface area (Å²) >= 11 is 2.41. The van der Waals surface area contributed by atoms with E-state index in [-0.39, 0.29) is 0 Å². The molecule has 0 rings (SSSR count). The minimum absolute atomic E-state index is 0.833. The van der Waals surface area contributed by atoms with Gasteiger partial charge in [-0.3, -0.25) is 0 Å². The average molecular weight is 314 g/mol. The van der Waals surface area contributed by atoms with Crippen LogP contribution in [-0.2, 0) is 0 Å². The molecule has 0 heterocycles. The molecular weight excluding hydrogens is 287 g/mol. The Bertz CT molecular complexity index is 79.4. The first kappa shape index (κ1) is 17.1. The second kappa shape index (κ2) is 16.1. The number of hydrogen-bond donors (Lipinski definition) is 1. The molecule has 14 heavy (non-hydrogen) atoms. The second-order valence-electron chi connectivity index (χ2n) is 3.11. The van der Waals surface area contributed by atoms with Crippen LogP contribution >= 0.6 is 22.9 Å². The summed E-state index contributed by atoms with van der Waals surface area (Å²) in [4.78, 5) is 0. The molecule has 0 unspecified atom stereocenters. The number of rotatable bonds is 8. The van der Waals surface area contributed by atoms with Gasteiger partial charge in [-0.25, -0.2) is 3.11 Å². The van der Waals surface area contributed by atoms with Gasteiger partial charge in [0, 0.05) is 36.0 Å². The van der Waals surface area contributed by atoms with Crippen LogP contribution in [0.15, 0.2) is 0 Å². The Balaban J connectivity index is 0. The number of hydrogen-bond acceptors (Lipinski definition) is 2. The molecule has 0 radical (unpaired) electrons. The van der Waals surface area contributed by atoms with Crippen LogP contribution in [0.25, 0.3) is 0 Å². The molecular formula is C11H27IN2. The van der Waals surface area contributed by atoms with Gasteiger partial charge in [-0.2, -0.15) is 0 Å². The van der Waals surface area contributed by atoms with Gasteiger partial charge < -0.3 is 5.73 Å². The van der Waals surface area contributed by atoms with Gasteiger partial charge in [0.05, 0.1) is 0 Å². The van der Waals surface area contributed by atoms with Gasteiger partial charge in [-0.05, 0) is 25.8 Å². The summed E-state index contributed by atoms with van der Waals surface area (Å²) in [6, 6.07) is 0. The molecule has 0 aromatic heterocycles. The fourth-order valence-corrected chi connectivity index (χ4v) is 1.76. The summed E-state index contributed by atoms with van der Waals surface area (Å²) in [6.45, 7) is 9.51. The highest BCUT2D eigenvalue weighted by atomic mass is 127. The van der Waals surface area contributed by atoms with Gasteiger partial charge in [-0.1, -0.05) is 33.6 Å². The highest BCUT2D eigenvalue weighted by Crippen LogP contribution is 2.05. The Kier molecular flexibility index (Phi) is 19.6. The summed E-state index contributed by atoms with van der Waals surface area (Å²) < 4.78 is 2.38. The zero-order chi connectivity index (χ0) is 11.2. The largest absolute Gasteiger partial charge is 0.330 e. The highest BCUT2D eigenvalue weighted by molar-refractivity contribution is 14.1. The molecule has 2 nitrogen and oxygen atoms in total. The molecule has 0 fully saturated rings. The van der Waals surface area contributed by atoms with Crippen molar-refractivity contribution < 1.29 is 0 Å². The van der Waals surface area contributed by atoms with Crippen LogP contribution in [0.4, 0.5) is 0 Å². The Morgan fingerprint density at radius 2 is 1.50 bits per heavy atom. The minimum Gasteiger partial charge on any atom is -0.330 e. The Morgan fingerprint density at radius 3 is 1.93 bits per heavy atom. The van der Waals surface area contributed by atoms with Crippen molar-refractivity contribution in [3.8, 4) is 0 Å². The number of unbranched alkanes of at least 4 members (excludes halogenated alkanes) is 3. The van der Waals surface area contributed by atoms with Crippen molar-refractivity contribution in [3.05, 3.63) is 0 Å². The van der Waals surface area contributed by atoms with Crippen molar-refractivity contribution in [2.75, 3.05) is 19.6 Å². The van der Waals surface area contributed by atoms with Gasteiger partial charge in [0.25, 0.3) is 0 Å². The molecule has 0 amide bonds. The molecule has 0 spiro atoms. The molecule has 0 saturated carbocycles. The summed E-state index contributed by atoms with van der Waals surface area (Å²) in [7, 11) is 0. The normalized spacial score (nSPS) is 9.86. The Labute approximate surface area is 104 Å². The van der Waals surface area contributed by atoms with Crippen molar-refractivity contribution in [2.45, 2.75) is 52.9 Å². The lowest BCUT2D eigenvalue weighted by atomic mass is 10.2. The molecule has 0 bridgehead atoms. The van der Waals surface area contributed by atoms with Gasteiger partial charge >= 0.3 is 0 Å². The van der Waals surface area contributed by atoms with Gasteiger partial charge in [-0.15, -0.1) is 0 Å². The van der Waals surface area contributed by atoms with E-state index in [2.05, 4.69) is 32.9 Å². The maximum absolute atomic E-state index is 5.42. The van der Waals surface area contributed by atoms with E-state index < -0.39 is 0 Å². The van der Waals surface area contributed by atoms with E-state index in [0.29, 0.717) is 0 Å². The topological polar surface area (TPSA) is 29.3 Å². The molecule has 0 atom stereocenters. The smallest absolute Gasteiger partial charge is 0.0201 e. The Hall–Kier alpha value is 0.650. The maximum atomic E-state index is 5.42. The standard InChI is InChI=1S/C9H21IN2.C2H6/c1-2-3-5-8-12(10)9-6-4-7-11;1-2/h2-9,11H2,1H3;1-2H3. The number of halogens is 1. The summed E-state index contributed by atoms with van der Waals surface area (Å²) in [5.41, 5.74) is 5.42. The molecule has 0 aromatic rings. The summed E-state index contributed by atoms with van der Waals surface area (Å²) in [5.74, 6) is 0. The first-order valence-electron chi connectivity index (χ1n) is 5.92. The van der Waals surface area contributed by atoms with Crippen molar-refractivity contribution in [2.24, 2.45) is 5.73 Å². The fraction of sp³-hybridized carbons (Fsp3) is 1.00. The monoisotopic (exact) mass is 314 g/mol. The van der Waals surface area contributed by atoms with E-state index in [1.807, 2.05) is 13.8 Å². The summed E-state index contributed by atoms with van der Waals surface area (Å²) in [6.07, 6.45) is 6.41. The third kappa shape index (κ3) is 15.1. The van der Waals surface area contributed by atoms with Crippen LogP contribution < -0.4 is 5.73 Å².